The summed E-state index contributed by atoms with van der Waals surface area (Å²) in [7, 11) is 0. The summed E-state index contributed by atoms with van der Waals surface area (Å²) in [4.78, 5) is 24.7. The van der Waals surface area contributed by atoms with Crippen molar-refractivity contribution < 1.29 is 17.6 Å². The van der Waals surface area contributed by atoms with Crippen molar-refractivity contribution >= 4 is 15.9 Å². The van der Waals surface area contributed by atoms with Gasteiger partial charge in [0, 0.05) is 10.5 Å². The van der Waals surface area contributed by atoms with Crippen molar-refractivity contribution in [2.24, 2.45) is 0 Å². The monoisotopic (exact) mass is 352 g/mol. The van der Waals surface area contributed by atoms with Crippen LogP contribution in [-0.4, -0.2) is 9.55 Å². The van der Waals surface area contributed by atoms with Crippen LogP contribution in [0.15, 0.2) is 38.3 Å². The summed E-state index contributed by atoms with van der Waals surface area (Å²) >= 11 is 2.98. The Labute approximate surface area is 116 Å². The second kappa shape index (κ2) is 4.89. The van der Waals surface area contributed by atoms with Gasteiger partial charge in [0.25, 0.3) is 5.56 Å². The zero-order valence-electron chi connectivity index (χ0n) is 9.46. The van der Waals surface area contributed by atoms with E-state index in [-0.39, 0.29) is 10.6 Å². The first-order valence-electron chi connectivity index (χ1n) is 5.09. The van der Waals surface area contributed by atoms with Gasteiger partial charge in [-0.3, -0.25) is 4.79 Å². The molecule has 0 aliphatic carbocycles. The number of hydrogen-bond donors (Lipinski definition) is 1. The van der Waals surface area contributed by atoms with Crippen LogP contribution >= 0.6 is 15.9 Å². The van der Waals surface area contributed by atoms with Gasteiger partial charge in [0.1, 0.15) is 11.5 Å². The zero-order chi connectivity index (χ0) is 15.1. The largest absolute Gasteiger partial charge is 0.431 e. The van der Waals surface area contributed by atoms with Crippen molar-refractivity contribution in [3.8, 4) is 5.69 Å². The first kappa shape index (κ1) is 14.5. The van der Waals surface area contributed by atoms with E-state index in [0.717, 1.165) is 12.1 Å². The molecule has 0 fully saturated rings. The molecule has 20 heavy (non-hydrogen) atoms. The highest BCUT2D eigenvalue weighted by atomic mass is 79.9. The van der Waals surface area contributed by atoms with E-state index in [2.05, 4.69) is 15.9 Å². The van der Waals surface area contributed by atoms with Gasteiger partial charge in [-0.2, -0.15) is 13.2 Å². The minimum absolute atomic E-state index is 0.197. The lowest BCUT2D eigenvalue weighted by molar-refractivity contribution is -0.141. The summed E-state index contributed by atoms with van der Waals surface area (Å²) in [6, 6.07) is 3.63. The summed E-state index contributed by atoms with van der Waals surface area (Å²) in [5.74, 6) is -0.924. The highest BCUT2D eigenvalue weighted by Crippen LogP contribution is 2.25. The second-order valence-electron chi connectivity index (χ2n) is 3.76. The van der Waals surface area contributed by atoms with Crippen molar-refractivity contribution in [2.45, 2.75) is 6.18 Å². The van der Waals surface area contributed by atoms with Gasteiger partial charge < -0.3 is 4.98 Å². The Kier molecular flexibility index (Phi) is 3.55. The average molecular weight is 353 g/mol. The molecule has 0 saturated heterocycles. The number of nitrogens with one attached hydrogen (secondary N) is 1. The standard InChI is InChI=1S/C11H5BrF4N2O2/c12-5-1-2-7(6(13)3-5)18-9(19)4-8(11(14,15)16)17-10(18)20/h1-4H,(H,17,20). The smallest absolute Gasteiger partial charge is 0.303 e. The van der Waals surface area contributed by atoms with Crippen LogP contribution in [0.3, 0.4) is 0 Å². The molecule has 1 heterocycles. The summed E-state index contributed by atoms with van der Waals surface area (Å²) in [6.45, 7) is 0. The second-order valence-corrected chi connectivity index (χ2v) is 4.67. The number of aromatic nitrogens is 2. The molecule has 0 aliphatic heterocycles. The lowest BCUT2D eigenvalue weighted by Gasteiger charge is -2.09. The van der Waals surface area contributed by atoms with E-state index in [0.29, 0.717) is 4.47 Å². The number of alkyl halides is 3. The lowest BCUT2D eigenvalue weighted by Crippen LogP contribution is -2.36. The van der Waals surface area contributed by atoms with Gasteiger partial charge in [-0.25, -0.2) is 13.8 Å². The van der Waals surface area contributed by atoms with Crippen LogP contribution in [-0.2, 0) is 6.18 Å². The van der Waals surface area contributed by atoms with Crippen LogP contribution in [0.1, 0.15) is 5.69 Å². The van der Waals surface area contributed by atoms with Gasteiger partial charge in [0.15, 0.2) is 0 Å². The minimum Gasteiger partial charge on any atom is -0.303 e. The van der Waals surface area contributed by atoms with Gasteiger partial charge in [0.2, 0.25) is 0 Å². The van der Waals surface area contributed by atoms with E-state index < -0.39 is 34.6 Å². The normalized spacial score (nSPS) is 11.7. The molecule has 0 radical (unpaired) electrons. The van der Waals surface area contributed by atoms with Crippen molar-refractivity contribution in [1.29, 1.82) is 0 Å². The van der Waals surface area contributed by atoms with E-state index in [4.69, 9.17) is 0 Å². The maximum atomic E-state index is 13.7. The maximum Gasteiger partial charge on any atom is 0.431 e. The third kappa shape index (κ3) is 2.67. The molecule has 1 aromatic heterocycles. The van der Waals surface area contributed by atoms with Crippen LogP contribution in [0.25, 0.3) is 5.69 Å². The quantitative estimate of drug-likeness (QED) is 0.801. The third-order valence-corrected chi connectivity index (χ3v) is 2.88. The molecule has 4 nitrogen and oxygen atoms in total. The average Bonchev–Trinajstić information content (AvgIpc) is 2.29. The summed E-state index contributed by atoms with van der Waals surface area (Å²) in [5.41, 5.74) is -4.57. The predicted octanol–water partition coefficient (Wildman–Crippen LogP) is 2.45. The number of halogens is 5. The first-order chi connectivity index (χ1) is 9.20. The molecule has 0 aliphatic rings. The summed E-state index contributed by atoms with van der Waals surface area (Å²) in [5, 5.41) is 0. The Bertz CT molecular complexity index is 748. The molecule has 0 saturated carbocycles. The Morgan fingerprint density at radius 1 is 1.15 bits per heavy atom. The van der Waals surface area contributed by atoms with Crippen LogP contribution in [0.4, 0.5) is 17.6 Å². The lowest BCUT2D eigenvalue weighted by atomic mass is 10.3. The van der Waals surface area contributed by atoms with Crippen molar-refractivity contribution in [3.63, 3.8) is 0 Å². The predicted molar refractivity (Wildman–Crippen MR) is 65.3 cm³/mol. The molecule has 1 aromatic carbocycles. The number of rotatable bonds is 1. The topological polar surface area (TPSA) is 54.9 Å². The summed E-state index contributed by atoms with van der Waals surface area (Å²) in [6.07, 6.45) is -4.87. The zero-order valence-corrected chi connectivity index (χ0v) is 11.0. The number of H-pyrrole nitrogens is 1. The molecule has 106 valence electrons. The molecule has 1 N–H and O–H groups in total. The molecular weight excluding hydrogens is 348 g/mol. The highest BCUT2D eigenvalue weighted by molar-refractivity contribution is 9.10. The Morgan fingerprint density at radius 3 is 2.30 bits per heavy atom. The SMILES string of the molecule is O=c1cc(C(F)(F)F)[nH]c(=O)n1-c1ccc(Br)cc1F. The Hall–Kier alpha value is -1.90. The molecular formula is C11H5BrF4N2O2. The fraction of sp³-hybridized carbons (Fsp3) is 0.0909. The number of hydrogen-bond acceptors (Lipinski definition) is 2. The first-order valence-corrected chi connectivity index (χ1v) is 5.88. The maximum absolute atomic E-state index is 13.7. The third-order valence-electron chi connectivity index (χ3n) is 2.39. The van der Waals surface area contributed by atoms with Crippen molar-refractivity contribution in [3.05, 3.63) is 61.1 Å². The van der Waals surface area contributed by atoms with E-state index in [1.54, 1.807) is 0 Å². The van der Waals surface area contributed by atoms with Gasteiger partial charge in [-0.15, -0.1) is 0 Å². The highest BCUT2D eigenvalue weighted by Gasteiger charge is 2.33. The van der Waals surface area contributed by atoms with Gasteiger partial charge >= 0.3 is 11.9 Å². The van der Waals surface area contributed by atoms with E-state index in [1.807, 2.05) is 0 Å². The minimum atomic E-state index is -4.87. The summed E-state index contributed by atoms with van der Waals surface area (Å²) < 4.78 is 51.6. The molecule has 0 unspecified atom stereocenters. The van der Waals surface area contributed by atoms with Crippen molar-refractivity contribution in [1.82, 2.24) is 9.55 Å². The fourth-order valence-electron chi connectivity index (χ4n) is 1.54. The Morgan fingerprint density at radius 2 is 1.80 bits per heavy atom. The van der Waals surface area contributed by atoms with Crippen LogP contribution in [0.5, 0.6) is 0 Å². The fourth-order valence-corrected chi connectivity index (χ4v) is 1.87. The number of nitrogens with zero attached hydrogens (tertiary/aromatic N) is 1. The molecule has 9 heteroatoms. The Balaban J connectivity index is 2.71. The number of benzene rings is 1. The molecule has 0 amide bonds. The van der Waals surface area contributed by atoms with Crippen LogP contribution < -0.4 is 11.2 Å². The van der Waals surface area contributed by atoms with Crippen LogP contribution in [0.2, 0.25) is 0 Å². The molecule has 0 atom stereocenters. The van der Waals surface area contributed by atoms with Gasteiger partial charge in [-0.1, -0.05) is 15.9 Å². The van der Waals surface area contributed by atoms with Crippen molar-refractivity contribution in [2.75, 3.05) is 0 Å². The number of aromatic amines is 1. The van der Waals surface area contributed by atoms with Gasteiger partial charge in [-0.05, 0) is 18.2 Å². The van der Waals surface area contributed by atoms with E-state index in [9.17, 15) is 27.2 Å². The van der Waals surface area contributed by atoms with Crippen LogP contribution in [0, 0.1) is 5.82 Å². The molecule has 2 rings (SSSR count). The molecule has 2 aromatic rings. The molecule has 0 spiro atoms. The van der Waals surface area contributed by atoms with Gasteiger partial charge in [0.05, 0.1) is 5.69 Å². The van der Waals surface area contributed by atoms with E-state index in [1.165, 1.54) is 11.1 Å². The molecule has 0 bridgehead atoms. The van der Waals surface area contributed by atoms with E-state index >= 15 is 0 Å².